The van der Waals surface area contributed by atoms with Crippen LogP contribution in [0, 0.1) is 55.7 Å². The van der Waals surface area contributed by atoms with E-state index in [1.54, 1.807) is 32.9 Å². The number of aryl methyl sites for hydroxylation is 3. The first-order chi connectivity index (χ1) is 29.3. The summed E-state index contributed by atoms with van der Waals surface area (Å²) in [6.45, 7) is 5.25. The molecule has 8 rings (SSSR count). The average molecular weight is 909 g/mol. The quantitative estimate of drug-likeness (QED) is 0.129. The van der Waals surface area contributed by atoms with Crippen LogP contribution in [0.1, 0.15) is 16.3 Å². The fourth-order valence-electron chi connectivity index (χ4n) is 5.98. The molecule has 0 aliphatic carbocycles. The van der Waals surface area contributed by atoms with Gasteiger partial charge in [-0.2, -0.15) is 0 Å². The first kappa shape index (κ1) is 43.4. The molecule has 0 bridgehead atoms. The van der Waals surface area contributed by atoms with Crippen molar-refractivity contribution in [3.05, 3.63) is 166 Å². The molecule has 0 amide bonds. The topological polar surface area (TPSA) is 137 Å². The molecule has 62 heavy (non-hydrogen) atoms. The van der Waals surface area contributed by atoms with E-state index in [9.17, 15) is 43.2 Å². The maximum Gasteiger partial charge on any atom is 0.271 e. The van der Waals surface area contributed by atoms with Crippen molar-refractivity contribution in [2.24, 2.45) is 0 Å². The van der Waals surface area contributed by atoms with Gasteiger partial charge in [0.15, 0.2) is 16.5 Å². The molecule has 3 aromatic heterocycles. The molecule has 0 unspecified atom stereocenters. The molecule has 8 aromatic rings. The van der Waals surface area contributed by atoms with E-state index in [0.717, 1.165) is 52.6 Å². The first-order valence-electron chi connectivity index (χ1n) is 18.0. The fourth-order valence-corrected chi connectivity index (χ4v) is 9.54. The highest BCUT2D eigenvalue weighted by Gasteiger charge is 2.25. The van der Waals surface area contributed by atoms with Crippen molar-refractivity contribution in [2.45, 2.75) is 29.9 Å². The maximum atomic E-state index is 14.6. The fraction of sp³-hybridized carbons (Fsp3) is 0.0698. The van der Waals surface area contributed by atoms with Crippen molar-refractivity contribution in [1.82, 2.24) is 9.97 Å². The van der Waals surface area contributed by atoms with Crippen LogP contribution >= 0.6 is 11.3 Å². The third-order valence-corrected chi connectivity index (χ3v) is 13.0. The predicted molar refractivity (Wildman–Crippen MR) is 223 cm³/mol. The zero-order valence-corrected chi connectivity index (χ0v) is 34.8. The molecule has 0 fully saturated rings. The van der Waals surface area contributed by atoms with Gasteiger partial charge in [-0.25, -0.2) is 43.2 Å². The molecule has 0 saturated carbocycles. The van der Waals surface area contributed by atoms with E-state index >= 15 is 0 Å². The van der Waals surface area contributed by atoms with Crippen LogP contribution in [0.3, 0.4) is 0 Å². The van der Waals surface area contributed by atoms with Gasteiger partial charge >= 0.3 is 0 Å². The average Bonchev–Trinajstić information content (AvgIpc) is 3.65. The highest BCUT2D eigenvalue weighted by molar-refractivity contribution is 7.94. The smallest absolute Gasteiger partial charge is 0.271 e. The molecular formula is C43H30F6N4O6S3. The van der Waals surface area contributed by atoms with Gasteiger partial charge in [0.25, 0.3) is 20.0 Å². The number of nitrogens with zero attached hydrogens (tertiary/aromatic N) is 2. The Hall–Kier alpha value is -6.70. The van der Waals surface area contributed by atoms with Crippen molar-refractivity contribution in [3.63, 3.8) is 0 Å². The van der Waals surface area contributed by atoms with Gasteiger partial charge in [-0.15, -0.1) is 11.3 Å². The first-order valence-corrected chi connectivity index (χ1v) is 21.8. The summed E-state index contributed by atoms with van der Waals surface area (Å²) in [5.41, 5.74) is 1.51. The molecule has 19 heteroatoms. The number of fused-ring (bicyclic) bond motifs is 2. The summed E-state index contributed by atoms with van der Waals surface area (Å²) < 4.78 is 149. The van der Waals surface area contributed by atoms with E-state index in [-0.39, 0.29) is 27.1 Å². The van der Waals surface area contributed by atoms with E-state index in [1.165, 1.54) is 66.7 Å². The number of pyridine rings is 2. The number of anilines is 2. The number of thiophene rings is 1. The van der Waals surface area contributed by atoms with Crippen molar-refractivity contribution in [3.8, 4) is 23.0 Å². The van der Waals surface area contributed by atoms with E-state index in [4.69, 9.17) is 9.47 Å². The normalized spacial score (nSPS) is 11.6. The Bertz CT molecular complexity index is 3240. The van der Waals surface area contributed by atoms with Crippen LogP contribution in [0.25, 0.3) is 21.8 Å². The minimum absolute atomic E-state index is 0.0151. The van der Waals surface area contributed by atoms with E-state index in [1.807, 2.05) is 4.72 Å². The number of ether oxygens (including phenoxy) is 2. The lowest BCUT2D eigenvalue weighted by atomic mass is 10.2. The van der Waals surface area contributed by atoms with Gasteiger partial charge in [0.05, 0.1) is 22.4 Å². The van der Waals surface area contributed by atoms with E-state index in [2.05, 4.69) is 14.7 Å². The van der Waals surface area contributed by atoms with Gasteiger partial charge in [-0.1, -0.05) is 6.07 Å². The summed E-state index contributed by atoms with van der Waals surface area (Å²) >= 11 is 1.09. The number of sulfonamides is 2. The SMILES string of the molecule is Cc1cc(Oc2ccc(NS(=O)(=O)c3c(F)cccc3F)c(F)c2)c2cc(F)ccc2n1.Cc1cc(Oc2ccc(NS(=O)(=O)c3ccc(C)s3)c(F)c2)c2cc(F)ccc2n1. The molecule has 0 saturated heterocycles. The summed E-state index contributed by atoms with van der Waals surface area (Å²) in [6.07, 6.45) is 0. The zero-order chi connectivity index (χ0) is 44.5. The van der Waals surface area contributed by atoms with E-state index < -0.39 is 65.5 Å². The van der Waals surface area contributed by atoms with Gasteiger partial charge in [0.1, 0.15) is 50.5 Å². The van der Waals surface area contributed by atoms with Gasteiger partial charge in [-0.3, -0.25) is 19.4 Å². The second-order valence-corrected chi connectivity index (χ2v) is 18.3. The third-order valence-electron chi connectivity index (χ3n) is 8.72. The number of aromatic nitrogens is 2. The van der Waals surface area contributed by atoms with Crippen LogP contribution in [0.2, 0.25) is 0 Å². The highest BCUT2D eigenvalue weighted by Crippen LogP contribution is 2.35. The molecule has 0 aliphatic heterocycles. The van der Waals surface area contributed by atoms with Crippen LogP contribution < -0.4 is 18.9 Å². The van der Waals surface area contributed by atoms with Crippen molar-refractivity contribution in [1.29, 1.82) is 0 Å². The maximum absolute atomic E-state index is 14.6. The summed E-state index contributed by atoms with van der Waals surface area (Å²) in [7, 11) is -8.63. The zero-order valence-electron chi connectivity index (χ0n) is 32.3. The number of benzene rings is 5. The highest BCUT2D eigenvalue weighted by atomic mass is 32.2. The molecule has 318 valence electrons. The van der Waals surface area contributed by atoms with Gasteiger partial charge in [-0.05, 0) is 106 Å². The number of hydrogen-bond donors (Lipinski definition) is 2. The molecule has 2 N–H and O–H groups in total. The summed E-state index contributed by atoms with van der Waals surface area (Å²) in [6, 6.07) is 23.9. The lowest BCUT2D eigenvalue weighted by Crippen LogP contribution is -2.17. The molecule has 5 aromatic carbocycles. The lowest BCUT2D eigenvalue weighted by Gasteiger charge is -2.13. The van der Waals surface area contributed by atoms with Crippen molar-refractivity contribution < 1.29 is 52.7 Å². The minimum atomic E-state index is -4.74. The Morgan fingerprint density at radius 1 is 0.516 bits per heavy atom. The molecule has 3 heterocycles. The number of rotatable bonds is 10. The number of nitrogens with one attached hydrogen (secondary N) is 2. The van der Waals surface area contributed by atoms with Gasteiger partial charge in [0, 0.05) is 51.3 Å². The molecule has 10 nitrogen and oxygen atoms in total. The Kier molecular flexibility index (Phi) is 12.1. The van der Waals surface area contributed by atoms with E-state index in [0.29, 0.717) is 38.9 Å². The summed E-state index contributed by atoms with van der Waals surface area (Å²) in [5, 5.41) is 0.801. The number of hydrogen-bond acceptors (Lipinski definition) is 9. The van der Waals surface area contributed by atoms with Gasteiger partial charge in [0.2, 0.25) is 0 Å². The van der Waals surface area contributed by atoms with Crippen molar-refractivity contribution >= 4 is 64.6 Å². The van der Waals surface area contributed by atoms with Crippen LogP contribution in [0.4, 0.5) is 37.7 Å². The van der Waals surface area contributed by atoms with Gasteiger partial charge < -0.3 is 9.47 Å². The van der Waals surface area contributed by atoms with Crippen molar-refractivity contribution in [2.75, 3.05) is 9.44 Å². The predicted octanol–water partition coefficient (Wildman–Crippen LogP) is 11.5. The molecule has 0 atom stereocenters. The molecular weight excluding hydrogens is 879 g/mol. The van der Waals surface area contributed by atoms with Crippen LogP contribution in [0.5, 0.6) is 23.0 Å². The second-order valence-electron chi connectivity index (χ2n) is 13.5. The second kappa shape index (κ2) is 17.3. The lowest BCUT2D eigenvalue weighted by molar-refractivity contribution is 0.481. The summed E-state index contributed by atoms with van der Waals surface area (Å²) in [4.78, 5) is 8.21. The molecule has 0 spiro atoms. The largest absolute Gasteiger partial charge is 0.456 e. The Morgan fingerprint density at radius 3 is 1.42 bits per heavy atom. The van der Waals surface area contributed by atoms with Crippen LogP contribution in [0.15, 0.2) is 124 Å². The Labute approximate surface area is 354 Å². The van der Waals surface area contributed by atoms with Crippen LogP contribution in [-0.2, 0) is 20.0 Å². The summed E-state index contributed by atoms with van der Waals surface area (Å²) in [5.74, 6) is -4.78. The minimum Gasteiger partial charge on any atom is -0.456 e. The molecule has 0 aliphatic rings. The Morgan fingerprint density at radius 2 is 0.984 bits per heavy atom. The molecule has 0 radical (unpaired) electrons. The Balaban J connectivity index is 0.000000187. The number of halogens is 6. The monoisotopic (exact) mass is 908 g/mol. The third kappa shape index (κ3) is 9.75. The standard InChI is InChI=1S/C22H14F4N2O3S.C21H16F2N2O3S2/c1-12-9-21(15-10-13(23)5-7-19(15)27-12)31-14-6-8-20(18(26)11-14)28-32(29,30)22-16(24)3-2-4-17(22)25;1-12-9-20(16-10-14(22)4-6-18(16)24-12)28-15-5-7-19(17(23)11-15)25-30(26,27)21-8-3-13(2)29-21/h2-11,28H,1H3;3-11,25H,1-2H3. The van der Waals surface area contributed by atoms with Crippen LogP contribution in [-0.4, -0.2) is 26.8 Å².